The zero-order chi connectivity index (χ0) is 15.6. The van der Waals surface area contributed by atoms with Crippen molar-refractivity contribution in [2.45, 2.75) is 25.9 Å². The van der Waals surface area contributed by atoms with Crippen molar-refractivity contribution in [3.63, 3.8) is 0 Å². The van der Waals surface area contributed by atoms with Crippen molar-refractivity contribution in [2.75, 3.05) is 7.11 Å². The van der Waals surface area contributed by atoms with Gasteiger partial charge in [0.05, 0.1) is 29.4 Å². The van der Waals surface area contributed by atoms with Crippen molar-refractivity contribution in [3.8, 4) is 5.75 Å². The molecule has 5 nitrogen and oxygen atoms in total. The van der Waals surface area contributed by atoms with Gasteiger partial charge in [0.25, 0.3) is 0 Å². The van der Waals surface area contributed by atoms with Gasteiger partial charge >= 0.3 is 0 Å². The summed E-state index contributed by atoms with van der Waals surface area (Å²) in [6.07, 6.45) is 1.66. The van der Waals surface area contributed by atoms with Gasteiger partial charge in [-0.25, -0.2) is 5.43 Å². The van der Waals surface area contributed by atoms with Crippen LogP contribution in [0.15, 0.2) is 24.4 Å². The summed E-state index contributed by atoms with van der Waals surface area (Å²) in [5.41, 5.74) is 4.35. The first-order chi connectivity index (χ1) is 10.0. The molecule has 0 aliphatic heterocycles. The molecule has 7 heteroatoms. The summed E-state index contributed by atoms with van der Waals surface area (Å²) in [6.45, 7) is 4.06. The van der Waals surface area contributed by atoms with Crippen molar-refractivity contribution in [3.05, 3.63) is 45.7 Å². The van der Waals surface area contributed by atoms with Crippen molar-refractivity contribution >= 4 is 23.2 Å². The molecule has 1 heterocycles. The van der Waals surface area contributed by atoms with Gasteiger partial charge in [-0.3, -0.25) is 10.5 Å². The Balaban J connectivity index is 2.61. The molecule has 0 aliphatic rings. The van der Waals surface area contributed by atoms with E-state index in [1.165, 1.54) is 0 Å². The molecule has 0 bridgehead atoms. The van der Waals surface area contributed by atoms with Gasteiger partial charge in [0.1, 0.15) is 5.69 Å². The highest BCUT2D eigenvalue weighted by Crippen LogP contribution is 2.36. The Morgan fingerprint density at radius 3 is 2.62 bits per heavy atom. The summed E-state index contributed by atoms with van der Waals surface area (Å²) in [7, 11) is 1.60. The lowest BCUT2D eigenvalue weighted by atomic mass is 10.0. The standard InChI is InChI=1S/C14H18Cl2N4O/c1-8(2)20-14(11(21-3)7-18-20)13(19-17)9-5-4-6-10(15)12(9)16/h4-8,13,19H,17H2,1-3H3. The van der Waals surface area contributed by atoms with Crippen molar-refractivity contribution in [1.29, 1.82) is 0 Å². The average molecular weight is 329 g/mol. The molecule has 0 amide bonds. The number of rotatable bonds is 5. The molecule has 0 saturated heterocycles. The number of nitrogens with two attached hydrogens (primary N) is 1. The van der Waals surface area contributed by atoms with E-state index in [-0.39, 0.29) is 12.1 Å². The van der Waals surface area contributed by atoms with Crippen LogP contribution in [0.5, 0.6) is 5.75 Å². The third-order valence-corrected chi connectivity index (χ3v) is 4.07. The number of nitrogens with zero attached hydrogens (tertiary/aromatic N) is 2. The van der Waals surface area contributed by atoms with Crippen LogP contribution in [0, 0.1) is 0 Å². The van der Waals surface area contributed by atoms with Crippen LogP contribution in [0.3, 0.4) is 0 Å². The monoisotopic (exact) mass is 328 g/mol. The summed E-state index contributed by atoms with van der Waals surface area (Å²) in [5, 5.41) is 5.29. The predicted octanol–water partition coefficient (Wildman–Crippen LogP) is 3.33. The molecule has 1 aromatic carbocycles. The lowest BCUT2D eigenvalue weighted by Crippen LogP contribution is -2.31. The minimum absolute atomic E-state index is 0.151. The van der Waals surface area contributed by atoms with Crippen LogP contribution in [0.1, 0.15) is 37.2 Å². The Morgan fingerprint density at radius 2 is 2.05 bits per heavy atom. The normalized spacial score (nSPS) is 12.7. The fourth-order valence-electron chi connectivity index (χ4n) is 2.26. The number of nitrogens with one attached hydrogen (secondary N) is 1. The van der Waals surface area contributed by atoms with E-state index in [0.29, 0.717) is 15.8 Å². The fourth-order valence-corrected chi connectivity index (χ4v) is 2.68. The summed E-state index contributed by atoms with van der Waals surface area (Å²) in [5.74, 6) is 6.40. The van der Waals surface area contributed by atoms with E-state index in [0.717, 1.165) is 11.3 Å². The molecule has 0 radical (unpaired) electrons. The van der Waals surface area contributed by atoms with Gasteiger partial charge in [0.2, 0.25) is 0 Å². The number of aromatic nitrogens is 2. The molecule has 0 spiro atoms. The van der Waals surface area contributed by atoms with E-state index in [1.54, 1.807) is 19.4 Å². The highest BCUT2D eigenvalue weighted by atomic mass is 35.5. The van der Waals surface area contributed by atoms with E-state index in [1.807, 2.05) is 30.7 Å². The summed E-state index contributed by atoms with van der Waals surface area (Å²) in [4.78, 5) is 0. The smallest absolute Gasteiger partial charge is 0.161 e. The highest BCUT2D eigenvalue weighted by molar-refractivity contribution is 6.42. The number of ether oxygens (including phenoxy) is 1. The number of benzene rings is 1. The van der Waals surface area contributed by atoms with Crippen LogP contribution in [0.25, 0.3) is 0 Å². The van der Waals surface area contributed by atoms with E-state index in [2.05, 4.69) is 10.5 Å². The van der Waals surface area contributed by atoms with E-state index in [4.69, 9.17) is 33.8 Å². The molecule has 1 aromatic heterocycles. The van der Waals surface area contributed by atoms with Gasteiger partial charge in [-0.1, -0.05) is 35.3 Å². The Morgan fingerprint density at radius 1 is 1.33 bits per heavy atom. The number of hydrogen-bond acceptors (Lipinski definition) is 4. The topological polar surface area (TPSA) is 65.1 Å². The van der Waals surface area contributed by atoms with Crippen molar-refractivity contribution in [1.82, 2.24) is 15.2 Å². The van der Waals surface area contributed by atoms with Crippen LogP contribution in [0.4, 0.5) is 0 Å². The second-order valence-corrected chi connectivity index (χ2v) is 5.66. The highest BCUT2D eigenvalue weighted by Gasteiger charge is 2.26. The number of hydrogen-bond donors (Lipinski definition) is 2. The summed E-state index contributed by atoms with van der Waals surface area (Å²) < 4.78 is 7.24. The summed E-state index contributed by atoms with van der Waals surface area (Å²) in [6, 6.07) is 5.21. The maximum Gasteiger partial charge on any atom is 0.161 e. The number of halogens is 2. The Bertz CT molecular complexity index is 627. The third kappa shape index (κ3) is 3.01. The Hall–Kier alpha value is -1.27. The minimum atomic E-state index is -0.379. The lowest BCUT2D eigenvalue weighted by molar-refractivity contribution is 0.394. The number of methoxy groups -OCH3 is 1. The predicted molar refractivity (Wildman–Crippen MR) is 84.8 cm³/mol. The quantitative estimate of drug-likeness (QED) is 0.652. The molecule has 114 valence electrons. The zero-order valence-corrected chi connectivity index (χ0v) is 13.6. The molecule has 2 aromatic rings. The molecule has 3 N–H and O–H groups in total. The molecule has 1 atom stereocenters. The Kier molecular flexibility index (Phi) is 5.11. The van der Waals surface area contributed by atoms with E-state index >= 15 is 0 Å². The SMILES string of the molecule is COc1cnn(C(C)C)c1C(NN)c1cccc(Cl)c1Cl. The summed E-state index contributed by atoms with van der Waals surface area (Å²) >= 11 is 12.4. The van der Waals surface area contributed by atoms with Crippen LogP contribution >= 0.6 is 23.2 Å². The molecule has 1 unspecified atom stereocenters. The first kappa shape index (κ1) is 16.1. The molecule has 0 saturated carbocycles. The minimum Gasteiger partial charge on any atom is -0.493 e. The van der Waals surface area contributed by atoms with Crippen molar-refractivity contribution < 1.29 is 4.74 Å². The largest absolute Gasteiger partial charge is 0.493 e. The van der Waals surface area contributed by atoms with Gasteiger partial charge < -0.3 is 4.74 Å². The van der Waals surface area contributed by atoms with Gasteiger partial charge in [-0.05, 0) is 25.5 Å². The lowest BCUT2D eigenvalue weighted by Gasteiger charge is -2.22. The van der Waals surface area contributed by atoms with Crippen LogP contribution in [-0.2, 0) is 0 Å². The van der Waals surface area contributed by atoms with Crippen LogP contribution < -0.4 is 16.0 Å². The molecule has 2 rings (SSSR count). The maximum atomic E-state index is 6.31. The van der Waals surface area contributed by atoms with Gasteiger partial charge in [-0.2, -0.15) is 5.10 Å². The van der Waals surface area contributed by atoms with Crippen LogP contribution in [-0.4, -0.2) is 16.9 Å². The maximum absolute atomic E-state index is 6.31. The van der Waals surface area contributed by atoms with Crippen LogP contribution in [0.2, 0.25) is 10.0 Å². The second kappa shape index (κ2) is 6.66. The van der Waals surface area contributed by atoms with E-state index in [9.17, 15) is 0 Å². The van der Waals surface area contributed by atoms with Crippen molar-refractivity contribution in [2.24, 2.45) is 5.84 Å². The van der Waals surface area contributed by atoms with Gasteiger partial charge in [0, 0.05) is 6.04 Å². The first-order valence-electron chi connectivity index (χ1n) is 6.52. The van der Waals surface area contributed by atoms with E-state index < -0.39 is 0 Å². The zero-order valence-electron chi connectivity index (χ0n) is 12.1. The molecular formula is C14H18Cl2N4O. The first-order valence-corrected chi connectivity index (χ1v) is 7.28. The third-order valence-electron chi connectivity index (χ3n) is 3.24. The molecule has 0 fully saturated rings. The molecular weight excluding hydrogens is 311 g/mol. The number of hydrazine groups is 1. The van der Waals surface area contributed by atoms with Gasteiger partial charge in [-0.15, -0.1) is 0 Å². The molecule has 0 aliphatic carbocycles. The second-order valence-electron chi connectivity index (χ2n) is 4.88. The van der Waals surface area contributed by atoms with Gasteiger partial charge in [0.15, 0.2) is 5.75 Å². The Labute approximate surface area is 134 Å². The fraction of sp³-hybridized carbons (Fsp3) is 0.357. The average Bonchev–Trinajstić information content (AvgIpc) is 2.88. The molecule has 21 heavy (non-hydrogen) atoms.